The topological polar surface area (TPSA) is 0 Å². The van der Waals surface area contributed by atoms with Crippen LogP contribution in [0.1, 0.15) is 80.1 Å². The molecule has 0 aromatic carbocycles. The van der Waals surface area contributed by atoms with Crippen LogP contribution < -0.4 is 0 Å². The Morgan fingerprint density at radius 2 is 1.44 bits per heavy atom. The minimum absolute atomic E-state index is 0.342. The van der Waals surface area contributed by atoms with Crippen molar-refractivity contribution in [3.63, 3.8) is 0 Å². The number of allylic oxidation sites excluding steroid dienone is 4. The van der Waals surface area contributed by atoms with Crippen molar-refractivity contribution < 1.29 is 0 Å². The molecule has 0 aliphatic heterocycles. The van der Waals surface area contributed by atoms with Crippen LogP contribution in [0, 0.1) is 10.8 Å². The zero-order valence-corrected chi connectivity index (χ0v) is 13.4. The second-order valence-electron chi connectivity index (χ2n) is 7.47. The highest BCUT2D eigenvalue weighted by molar-refractivity contribution is 5.30. The summed E-state index contributed by atoms with van der Waals surface area (Å²) in [5.41, 5.74) is 4.01. The molecular formula is C18H32. The minimum Gasteiger partial charge on any atom is -0.0654 e. The van der Waals surface area contributed by atoms with Gasteiger partial charge in [0.15, 0.2) is 0 Å². The van der Waals surface area contributed by atoms with Crippen molar-refractivity contribution in [3.05, 3.63) is 23.3 Å². The molecule has 0 N–H and O–H groups in total. The Hall–Kier alpha value is -0.520. The first-order valence-electron chi connectivity index (χ1n) is 7.68. The third-order valence-electron chi connectivity index (χ3n) is 4.39. The number of hydrogen-bond donors (Lipinski definition) is 0. The fourth-order valence-electron chi connectivity index (χ4n) is 2.80. The molecule has 0 heteroatoms. The largest absolute Gasteiger partial charge is 0.0654 e. The van der Waals surface area contributed by atoms with Gasteiger partial charge in [0, 0.05) is 0 Å². The van der Waals surface area contributed by atoms with Crippen LogP contribution in [0.3, 0.4) is 0 Å². The SMILES string of the molecule is CCCCCC(C)(C)C1=CC=C(C(C)(C)C)CC1. The highest BCUT2D eigenvalue weighted by Crippen LogP contribution is 2.41. The van der Waals surface area contributed by atoms with Gasteiger partial charge < -0.3 is 0 Å². The molecule has 18 heavy (non-hydrogen) atoms. The summed E-state index contributed by atoms with van der Waals surface area (Å²) in [6.45, 7) is 14.1. The van der Waals surface area contributed by atoms with Gasteiger partial charge in [-0.25, -0.2) is 0 Å². The maximum Gasteiger partial charge on any atom is -0.0141 e. The van der Waals surface area contributed by atoms with E-state index < -0.39 is 0 Å². The summed E-state index contributed by atoms with van der Waals surface area (Å²) in [6.07, 6.45) is 12.7. The Balaban J connectivity index is 2.68. The van der Waals surface area contributed by atoms with Crippen molar-refractivity contribution in [2.75, 3.05) is 0 Å². The van der Waals surface area contributed by atoms with E-state index in [0.29, 0.717) is 10.8 Å². The van der Waals surface area contributed by atoms with Crippen LogP contribution >= 0.6 is 0 Å². The molecule has 0 saturated heterocycles. The molecule has 0 saturated carbocycles. The molecule has 1 rings (SSSR count). The quantitative estimate of drug-likeness (QED) is 0.502. The molecule has 0 nitrogen and oxygen atoms in total. The Bertz CT molecular complexity index is 320. The molecule has 0 spiro atoms. The maximum absolute atomic E-state index is 2.42. The standard InChI is InChI=1S/C18H32/c1-7-8-9-14-18(5,6)16-12-10-15(11-13-16)17(2,3)4/h10,12H,7-9,11,13-14H2,1-6H3. The van der Waals surface area contributed by atoms with Gasteiger partial charge in [-0.1, -0.05) is 84.1 Å². The molecule has 0 unspecified atom stereocenters. The molecular weight excluding hydrogens is 216 g/mol. The lowest BCUT2D eigenvalue weighted by Crippen LogP contribution is -2.19. The van der Waals surface area contributed by atoms with E-state index in [0.717, 1.165) is 0 Å². The highest BCUT2D eigenvalue weighted by atomic mass is 14.3. The Kier molecular flexibility index (Phi) is 5.25. The molecule has 0 bridgehead atoms. The van der Waals surface area contributed by atoms with Crippen molar-refractivity contribution in [1.82, 2.24) is 0 Å². The Morgan fingerprint density at radius 3 is 1.89 bits per heavy atom. The van der Waals surface area contributed by atoms with E-state index in [1.54, 1.807) is 11.1 Å². The molecule has 104 valence electrons. The van der Waals surface area contributed by atoms with E-state index in [1.165, 1.54) is 38.5 Å². The van der Waals surface area contributed by atoms with Gasteiger partial charge in [-0.05, 0) is 30.1 Å². The number of unbranched alkanes of at least 4 members (excludes halogenated alkanes) is 2. The van der Waals surface area contributed by atoms with E-state index >= 15 is 0 Å². The molecule has 0 heterocycles. The maximum atomic E-state index is 2.42. The van der Waals surface area contributed by atoms with Crippen LogP contribution in [0.2, 0.25) is 0 Å². The summed E-state index contributed by atoms with van der Waals surface area (Å²) < 4.78 is 0. The van der Waals surface area contributed by atoms with Crippen LogP contribution in [0.4, 0.5) is 0 Å². The minimum atomic E-state index is 0.342. The molecule has 0 fully saturated rings. The van der Waals surface area contributed by atoms with Crippen molar-refractivity contribution >= 4 is 0 Å². The first-order chi connectivity index (χ1) is 8.27. The van der Waals surface area contributed by atoms with Gasteiger partial charge in [0.25, 0.3) is 0 Å². The van der Waals surface area contributed by atoms with E-state index in [4.69, 9.17) is 0 Å². The average Bonchev–Trinajstić information content (AvgIpc) is 2.28. The molecule has 0 amide bonds. The lowest BCUT2D eigenvalue weighted by molar-refractivity contribution is 0.368. The fourth-order valence-corrected chi connectivity index (χ4v) is 2.80. The smallest absolute Gasteiger partial charge is 0.0141 e. The lowest BCUT2D eigenvalue weighted by Gasteiger charge is -2.33. The van der Waals surface area contributed by atoms with Gasteiger partial charge in [-0.3, -0.25) is 0 Å². The van der Waals surface area contributed by atoms with Gasteiger partial charge in [-0.15, -0.1) is 0 Å². The summed E-state index contributed by atoms with van der Waals surface area (Å²) in [5, 5.41) is 0. The van der Waals surface area contributed by atoms with Gasteiger partial charge in [-0.2, -0.15) is 0 Å². The number of rotatable bonds is 5. The van der Waals surface area contributed by atoms with E-state index in [1.807, 2.05) is 0 Å². The van der Waals surface area contributed by atoms with E-state index in [2.05, 4.69) is 53.7 Å². The van der Waals surface area contributed by atoms with Crippen LogP contribution in [0.5, 0.6) is 0 Å². The van der Waals surface area contributed by atoms with Crippen LogP contribution in [-0.2, 0) is 0 Å². The van der Waals surface area contributed by atoms with Crippen LogP contribution in [0.15, 0.2) is 23.3 Å². The Morgan fingerprint density at radius 1 is 0.889 bits per heavy atom. The fraction of sp³-hybridized carbons (Fsp3) is 0.778. The summed E-state index contributed by atoms with van der Waals surface area (Å²) >= 11 is 0. The predicted octanol–water partition coefficient (Wildman–Crippen LogP) is 6.29. The zero-order valence-electron chi connectivity index (χ0n) is 13.4. The summed E-state index contributed by atoms with van der Waals surface area (Å²) in [5.74, 6) is 0. The first kappa shape index (κ1) is 15.5. The molecule has 0 aromatic heterocycles. The van der Waals surface area contributed by atoms with Gasteiger partial charge in [0.2, 0.25) is 0 Å². The van der Waals surface area contributed by atoms with E-state index in [-0.39, 0.29) is 0 Å². The van der Waals surface area contributed by atoms with Crippen LogP contribution in [0.25, 0.3) is 0 Å². The van der Waals surface area contributed by atoms with E-state index in [9.17, 15) is 0 Å². The average molecular weight is 248 g/mol. The monoisotopic (exact) mass is 248 g/mol. The summed E-state index contributed by atoms with van der Waals surface area (Å²) in [4.78, 5) is 0. The third kappa shape index (κ3) is 4.30. The molecule has 0 radical (unpaired) electrons. The number of hydrogen-bond acceptors (Lipinski definition) is 0. The summed E-state index contributed by atoms with van der Waals surface area (Å²) in [7, 11) is 0. The highest BCUT2D eigenvalue weighted by Gasteiger charge is 2.26. The van der Waals surface area contributed by atoms with Gasteiger partial charge in [0.1, 0.15) is 0 Å². The second kappa shape index (κ2) is 6.08. The molecule has 0 atom stereocenters. The van der Waals surface area contributed by atoms with Crippen molar-refractivity contribution in [2.45, 2.75) is 80.1 Å². The lowest BCUT2D eigenvalue weighted by atomic mass is 9.72. The molecule has 0 aromatic rings. The normalized spacial score (nSPS) is 17.4. The van der Waals surface area contributed by atoms with Crippen LogP contribution in [-0.4, -0.2) is 0 Å². The molecule has 1 aliphatic rings. The van der Waals surface area contributed by atoms with Crippen molar-refractivity contribution in [2.24, 2.45) is 10.8 Å². The predicted molar refractivity (Wildman–Crippen MR) is 82.8 cm³/mol. The Labute approximate surface area is 115 Å². The van der Waals surface area contributed by atoms with Gasteiger partial charge in [0.05, 0.1) is 0 Å². The summed E-state index contributed by atoms with van der Waals surface area (Å²) in [6, 6.07) is 0. The zero-order chi connectivity index (χ0) is 13.8. The van der Waals surface area contributed by atoms with Crippen molar-refractivity contribution in [3.8, 4) is 0 Å². The molecule has 1 aliphatic carbocycles. The van der Waals surface area contributed by atoms with Gasteiger partial charge >= 0.3 is 0 Å². The first-order valence-corrected chi connectivity index (χ1v) is 7.68. The third-order valence-corrected chi connectivity index (χ3v) is 4.39. The van der Waals surface area contributed by atoms with Crippen molar-refractivity contribution in [1.29, 1.82) is 0 Å². The second-order valence-corrected chi connectivity index (χ2v) is 7.47.